The Balaban J connectivity index is 3.39. The van der Waals surface area contributed by atoms with Crippen molar-refractivity contribution in [3.05, 3.63) is 6.42 Å². The van der Waals surface area contributed by atoms with Crippen molar-refractivity contribution in [1.29, 1.82) is 0 Å². The van der Waals surface area contributed by atoms with Crippen molar-refractivity contribution in [3.8, 4) is 0 Å². The Morgan fingerprint density at radius 1 is 1.38 bits per heavy atom. The third kappa shape index (κ3) is 5.68. The van der Waals surface area contributed by atoms with Gasteiger partial charge in [0.25, 0.3) is 0 Å². The van der Waals surface area contributed by atoms with Gasteiger partial charge in [0, 0.05) is 0 Å². The monoisotopic (exact) mass is 131 g/mol. The predicted octanol–water partition coefficient (Wildman–Crippen LogP) is 1.04. The number of alkyl halides is 4. The highest BCUT2D eigenvalue weighted by Crippen LogP contribution is 2.20. The molecular weight excluding hydrogens is 128 g/mol. The third-order valence-corrected chi connectivity index (χ3v) is 0.327. The Bertz CT molecular complexity index is 66.2. The summed E-state index contributed by atoms with van der Waals surface area (Å²) in [6, 6.07) is 0. The number of halogens is 4. The summed E-state index contributed by atoms with van der Waals surface area (Å²) in [6.45, 7) is 0. The first kappa shape index (κ1) is 7.68. The summed E-state index contributed by atoms with van der Waals surface area (Å²) in [4.78, 5) is 0. The normalized spacial score (nSPS) is 16.1. The lowest BCUT2D eigenvalue weighted by Crippen LogP contribution is -2.16. The molecule has 0 heterocycles. The molecule has 0 fully saturated rings. The van der Waals surface area contributed by atoms with Crippen LogP contribution in [0.1, 0.15) is 0 Å². The van der Waals surface area contributed by atoms with Crippen LogP contribution < -0.4 is 0 Å². The summed E-state index contributed by atoms with van der Waals surface area (Å²) in [7, 11) is 0. The molecule has 0 rings (SSSR count). The molecule has 1 unspecified atom stereocenters. The molecule has 0 aromatic rings. The van der Waals surface area contributed by atoms with E-state index in [1.807, 2.05) is 0 Å². The van der Waals surface area contributed by atoms with Gasteiger partial charge in [0.2, 0.25) is 6.36 Å². The first-order valence-corrected chi connectivity index (χ1v) is 1.67. The third-order valence-electron chi connectivity index (χ3n) is 0.327. The molecule has 1 atom stereocenters. The molecule has 1 nitrogen and oxygen atoms in total. The van der Waals surface area contributed by atoms with Crippen molar-refractivity contribution in [2.75, 3.05) is 0 Å². The van der Waals surface area contributed by atoms with Gasteiger partial charge in [0.15, 0.2) is 0 Å². The number of aliphatic hydroxyl groups excluding tert-OH is 1. The van der Waals surface area contributed by atoms with Gasteiger partial charge in [-0.3, -0.25) is 0 Å². The fourth-order valence-electron chi connectivity index (χ4n) is 0.156. The van der Waals surface area contributed by atoms with Crippen molar-refractivity contribution in [3.63, 3.8) is 0 Å². The van der Waals surface area contributed by atoms with E-state index in [2.05, 4.69) is 0 Å². The Labute approximate surface area is 42.9 Å². The maximum atomic E-state index is 11.0. The minimum Gasteiger partial charge on any atom is -0.364 e. The summed E-state index contributed by atoms with van der Waals surface area (Å²) in [5.41, 5.74) is 0. The first-order valence-electron chi connectivity index (χ1n) is 1.67. The van der Waals surface area contributed by atoms with Crippen LogP contribution in [-0.2, 0) is 0 Å². The highest BCUT2D eigenvalue weighted by molar-refractivity contribution is 4.75. The van der Waals surface area contributed by atoms with Crippen LogP contribution in [0.25, 0.3) is 0 Å². The van der Waals surface area contributed by atoms with E-state index in [0.717, 1.165) is 0 Å². The standard InChI is InChI=1S/C3H3F4O/c4-2(8)1-3(5,6)7/h1-2,8H. The molecule has 0 aromatic heterocycles. The van der Waals surface area contributed by atoms with Gasteiger partial charge in [-0.1, -0.05) is 0 Å². The first-order chi connectivity index (χ1) is 3.42. The molecule has 0 saturated heterocycles. The second-order valence-corrected chi connectivity index (χ2v) is 1.08. The molecular formula is C3H3F4O. The van der Waals surface area contributed by atoms with Gasteiger partial charge in [-0.2, -0.15) is 13.2 Å². The molecule has 0 aromatic carbocycles. The second kappa shape index (κ2) is 2.30. The number of hydrogen-bond donors (Lipinski definition) is 1. The maximum Gasteiger partial charge on any atom is 0.397 e. The van der Waals surface area contributed by atoms with Crippen molar-refractivity contribution in [1.82, 2.24) is 0 Å². The van der Waals surface area contributed by atoms with Crippen molar-refractivity contribution >= 4 is 0 Å². The molecule has 1 radical (unpaired) electrons. The van der Waals surface area contributed by atoms with E-state index in [1.165, 1.54) is 0 Å². The summed E-state index contributed by atoms with van der Waals surface area (Å²) >= 11 is 0. The SMILES string of the molecule is OC(F)[CH]C(F)(F)F. The molecule has 0 aliphatic carbocycles. The molecule has 8 heavy (non-hydrogen) atoms. The van der Waals surface area contributed by atoms with Gasteiger partial charge in [-0.05, 0) is 0 Å². The van der Waals surface area contributed by atoms with Crippen molar-refractivity contribution in [2.24, 2.45) is 0 Å². The van der Waals surface area contributed by atoms with Gasteiger partial charge >= 0.3 is 6.18 Å². The zero-order valence-corrected chi connectivity index (χ0v) is 3.61. The van der Waals surface area contributed by atoms with Crippen LogP contribution in [0.4, 0.5) is 17.6 Å². The average Bonchev–Trinajstić information content (AvgIpc) is 1.21. The molecule has 0 saturated carbocycles. The molecule has 0 amide bonds. The van der Waals surface area contributed by atoms with Crippen LogP contribution >= 0.6 is 0 Å². The molecule has 1 N–H and O–H groups in total. The van der Waals surface area contributed by atoms with Crippen molar-refractivity contribution in [2.45, 2.75) is 12.5 Å². The summed E-state index contributed by atoms with van der Waals surface area (Å²) in [5, 5.41) is 7.45. The Morgan fingerprint density at radius 2 is 1.75 bits per heavy atom. The molecule has 0 bridgehead atoms. The average molecular weight is 131 g/mol. The highest BCUT2D eigenvalue weighted by Gasteiger charge is 2.31. The van der Waals surface area contributed by atoms with E-state index in [-0.39, 0.29) is 0 Å². The zero-order valence-electron chi connectivity index (χ0n) is 3.61. The van der Waals surface area contributed by atoms with Crippen LogP contribution in [0.15, 0.2) is 0 Å². The fraction of sp³-hybridized carbons (Fsp3) is 0.667. The van der Waals surface area contributed by atoms with E-state index in [9.17, 15) is 17.6 Å². The lowest BCUT2D eigenvalue weighted by molar-refractivity contribution is -0.123. The fourth-order valence-corrected chi connectivity index (χ4v) is 0.156. The molecule has 0 spiro atoms. The van der Waals surface area contributed by atoms with E-state index >= 15 is 0 Å². The maximum absolute atomic E-state index is 11.0. The van der Waals surface area contributed by atoms with Gasteiger partial charge < -0.3 is 5.11 Å². The predicted molar refractivity (Wildman–Crippen MR) is 17.5 cm³/mol. The van der Waals surface area contributed by atoms with Crippen LogP contribution in [-0.4, -0.2) is 17.6 Å². The van der Waals surface area contributed by atoms with Crippen molar-refractivity contribution < 1.29 is 22.7 Å². The smallest absolute Gasteiger partial charge is 0.364 e. The van der Waals surface area contributed by atoms with E-state index < -0.39 is 19.0 Å². The Hall–Kier alpha value is -0.320. The minimum atomic E-state index is -4.73. The molecule has 49 valence electrons. The Morgan fingerprint density at radius 3 is 1.75 bits per heavy atom. The van der Waals surface area contributed by atoms with Gasteiger partial charge in [0.05, 0.1) is 0 Å². The lowest BCUT2D eigenvalue weighted by atomic mass is 10.4. The lowest BCUT2D eigenvalue weighted by Gasteiger charge is -2.03. The van der Waals surface area contributed by atoms with Crippen LogP contribution in [0.2, 0.25) is 0 Å². The van der Waals surface area contributed by atoms with E-state index in [4.69, 9.17) is 5.11 Å². The number of hydrogen-bond acceptors (Lipinski definition) is 1. The number of rotatable bonds is 1. The van der Waals surface area contributed by atoms with E-state index in [1.54, 1.807) is 0 Å². The quantitative estimate of drug-likeness (QED) is 0.527. The van der Waals surface area contributed by atoms with Crippen LogP contribution in [0.5, 0.6) is 0 Å². The van der Waals surface area contributed by atoms with Gasteiger partial charge in [-0.15, -0.1) is 0 Å². The van der Waals surface area contributed by atoms with E-state index in [0.29, 0.717) is 0 Å². The van der Waals surface area contributed by atoms with Crippen LogP contribution in [0.3, 0.4) is 0 Å². The summed E-state index contributed by atoms with van der Waals surface area (Å²) < 4.78 is 43.5. The van der Waals surface area contributed by atoms with Gasteiger partial charge in [-0.25, -0.2) is 4.39 Å². The number of aliphatic hydroxyl groups is 1. The summed E-state index contributed by atoms with van der Waals surface area (Å²) in [6.07, 6.45) is -8.39. The zero-order chi connectivity index (χ0) is 6.78. The minimum absolute atomic E-state index is 0.757. The topological polar surface area (TPSA) is 20.2 Å². The highest BCUT2D eigenvalue weighted by atomic mass is 19.4. The van der Waals surface area contributed by atoms with Crippen LogP contribution in [0, 0.1) is 6.42 Å². The second-order valence-electron chi connectivity index (χ2n) is 1.08. The Kier molecular flexibility index (Phi) is 2.21. The molecule has 0 aliphatic heterocycles. The largest absolute Gasteiger partial charge is 0.397 e. The molecule has 0 aliphatic rings. The molecule has 5 heteroatoms. The summed E-state index contributed by atoms with van der Waals surface area (Å²) in [5.74, 6) is 0. The van der Waals surface area contributed by atoms with Gasteiger partial charge in [0.1, 0.15) is 6.42 Å².